The Kier molecular flexibility index (Phi) is 4.21. The van der Waals surface area contributed by atoms with Crippen LogP contribution >= 0.6 is 23.2 Å². The minimum atomic E-state index is -4.43. The van der Waals surface area contributed by atoms with Crippen molar-refractivity contribution in [1.29, 1.82) is 0 Å². The summed E-state index contributed by atoms with van der Waals surface area (Å²) in [5, 5.41) is -0.707. The highest BCUT2D eigenvalue weighted by molar-refractivity contribution is 6.32. The second-order valence-electron chi connectivity index (χ2n) is 3.16. The molecule has 88 valence electrons. The Morgan fingerprint density at radius 3 is 2.50 bits per heavy atom. The summed E-state index contributed by atoms with van der Waals surface area (Å²) in [5.41, 5.74) is -0.592. The Balaban J connectivity index is 3.04. The van der Waals surface area contributed by atoms with Crippen molar-refractivity contribution in [2.24, 2.45) is 0 Å². The summed E-state index contributed by atoms with van der Waals surface area (Å²) in [6.07, 6.45) is -3.99. The van der Waals surface area contributed by atoms with Crippen LogP contribution < -0.4 is 0 Å². The van der Waals surface area contributed by atoms with Crippen LogP contribution in [-0.2, 0) is 17.4 Å². The lowest BCUT2D eigenvalue weighted by molar-refractivity contribution is -0.137. The smallest absolute Gasteiger partial charge is 0.302 e. The third kappa shape index (κ3) is 3.39. The highest BCUT2D eigenvalue weighted by atomic mass is 35.5. The van der Waals surface area contributed by atoms with Gasteiger partial charge in [-0.15, -0.1) is 11.6 Å². The molecule has 0 fully saturated rings. The van der Waals surface area contributed by atoms with Gasteiger partial charge >= 0.3 is 6.18 Å². The predicted molar refractivity (Wildman–Crippen MR) is 55.9 cm³/mol. The number of carbonyl (C=O) groups excluding carboxylic acids is 1. The first-order chi connectivity index (χ1) is 7.34. The number of hydrogen-bond donors (Lipinski definition) is 0. The van der Waals surface area contributed by atoms with Crippen LogP contribution in [0.25, 0.3) is 0 Å². The van der Waals surface area contributed by atoms with Crippen molar-refractivity contribution < 1.29 is 18.0 Å². The number of alkyl halides is 4. The fourth-order valence-electron chi connectivity index (χ4n) is 1.17. The van der Waals surface area contributed by atoms with Gasteiger partial charge in [-0.05, 0) is 30.2 Å². The molecule has 0 aromatic heterocycles. The summed E-state index contributed by atoms with van der Waals surface area (Å²) in [4.78, 5) is 10.3. The van der Waals surface area contributed by atoms with E-state index in [-0.39, 0.29) is 17.0 Å². The van der Waals surface area contributed by atoms with Gasteiger partial charge in [0.05, 0.1) is 10.9 Å². The molecule has 1 aromatic carbocycles. The lowest BCUT2D eigenvalue weighted by Gasteiger charge is -2.10. The number of benzene rings is 1. The Morgan fingerprint density at radius 1 is 1.38 bits per heavy atom. The molecular formula is C10H7Cl2F3O. The average molecular weight is 271 g/mol. The molecule has 16 heavy (non-hydrogen) atoms. The second-order valence-corrected chi connectivity index (χ2v) is 4.13. The molecule has 0 N–H and O–H groups in total. The van der Waals surface area contributed by atoms with Gasteiger partial charge in [0.15, 0.2) is 0 Å². The molecule has 1 unspecified atom stereocenters. The molecule has 0 spiro atoms. The van der Waals surface area contributed by atoms with E-state index in [0.29, 0.717) is 6.29 Å². The second kappa shape index (κ2) is 5.06. The molecule has 0 heterocycles. The van der Waals surface area contributed by atoms with E-state index in [1.54, 1.807) is 0 Å². The first-order valence-electron chi connectivity index (χ1n) is 4.29. The number of carbonyl (C=O) groups is 1. The van der Waals surface area contributed by atoms with E-state index in [1.807, 2.05) is 0 Å². The maximum atomic E-state index is 12.4. The van der Waals surface area contributed by atoms with Crippen molar-refractivity contribution in [3.8, 4) is 0 Å². The average Bonchev–Trinajstić information content (AvgIpc) is 2.19. The predicted octanol–water partition coefficient (Wildman–Crippen LogP) is 3.71. The summed E-state index contributed by atoms with van der Waals surface area (Å²) >= 11 is 11.2. The molecule has 1 atom stereocenters. The zero-order valence-electron chi connectivity index (χ0n) is 7.89. The van der Waals surface area contributed by atoms with Crippen molar-refractivity contribution in [1.82, 2.24) is 0 Å². The summed E-state index contributed by atoms with van der Waals surface area (Å²) in [5.74, 6) is 0. The van der Waals surface area contributed by atoms with Crippen LogP contribution in [0, 0.1) is 0 Å². The quantitative estimate of drug-likeness (QED) is 0.605. The van der Waals surface area contributed by atoms with Crippen LogP contribution in [0.15, 0.2) is 18.2 Å². The molecule has 0 saturated heterocycles. The molecule has 1 aromatic rings. The van der Waals surface area contributed by atoms with Crippen LogP contribution in [0.3, 0.4) is 0 Å². The van der Waals surface area contributed by atoms with Crippen LogP contribution in [-0.4, -0.2) is 11.7 Å². The zero-order valence-corrected chi connectivity index (χ0v) is 9.40. The molecule has 0 saturated carbocycles. The lowest BCUT2D eigenvalue weighted by atomic mass is 10.1. The molecule has 0 radical (unpaired) electrons. The van der Waals surface area contributed by atoms with E-state index in [1.165, 1.54) is 0 Å². The molecule has 6 heteroatoms. The van der Waals surface area contributed by atoms with E-state index in [2.05, 4.69) is 0 Å². The Bertz CT molecular complexity index is 390. The lowest BCUT2D eigenvalue weighted by Crippen LogP contribution is -2.09. The molecule has 0 aliphatic heterocycles. The summed E-state index contributed by atoms with van der Waals surface area (Å²) in [7, 11) is 0. The third-order valence-corrected chi connectivity index (χ3v) is 2.56. The van der Waals surface area contributed by atoms with Gasteiger partial charge in [0.2, 0.25) is 0 Å². The molecular weight excluding hydrogens is 264 g/mol. The SMILES string of the molecule is O=CC(Cl)Cc1cc(C(F)(F)F)ccc1Cl. The van der Waals surface area contributed by atoms with Gasteiger partial charge < -0.3 is 4.79 Å². The van der Waals surface area contributed by atoms with E-state index in [0.717, 1.165) is 18.2 Å². The van der Waals surface area contributed by atoms with E-state index < -0.39 is 17.1 Å². The summed E-state index contributed by atoms with van der Waals surface area (Å²) < 4.78 is 37.1. The van der Waals surface area contributed by atoms with Gasteiger partial charge in [0.1, 0.15) is 6.29 Å². The fraction of sp³-hybridized carbons (Fsp3) is 0.300. The van der Waals surface area contributed by atoms with E-state index >= 15 is 0 Å². The highest BCUT2D eigenvalue weighted by Crippen LogP contribution is 2.32. The van der Waals surface area contributed by atoms with Crippen LogP contribution in [0.5, 0.6) is 0 Å². The van der Waals surface area contributed by atoms with Gasteiger partial charge in [-0.1, -0.05) is 11.6 Å². The first-order valence-corrected chi connectivity index (χ1v) is 5.11. The van der Waals surface area contributed by atoms with Crippen molar-refractivity contribution in [3.05, 3.63) is 34.3 Å². The standard InChI is InChI=1S/C10H7Cl2F3O/c11-8(5-16)4-6-3-7(10(13,14)15)1-2-9(6)12/h1-3,5,8H,4H2. The molecule has 0 bridgehead atoms. The van der Waals surface area contributed by atoms with Crippen molar-refractivity contribution >= 4 is 29.5 Å². The van der Waals surface area contributed by atoms with Gasteiger partial charge in [0.25, 0.3) is 0 Å². The molecule has 0 amide bonds. The van der Waals surface area contributed by atoms with Gasteiger partial charge in [-0.2, -0.15) is 13.2 Å². The maximum Gasteiger partial charge on any atom is 0.416 e. The largest absolute Gasteiger partial charge is 0.416 e. The van der Waals surface area contributed by atoms with Gasteiger partial charge in [-0.25, -0.2) is 0 Å². The monoisotopic (exact) mass is 270 g/mol. The third-order valence-electron chi connectivity index (χ3n) is 1.94. The molecule has 1 nitrogen and oxygen atoms in total. The van der Waals surface area contributed by atoms with E-state index in [4.69, 9.17) is 23.2 Å². The number of rotatable bonds is 3. The Morgan fingerprint density at radius 2 is 2.00 bits per heavy atom. The van der Waals surface area contributed by atoms with Crippen molar-refractivity contribution in [2.75, 3.05) is 0 Å². The topological polar surface area (TPSA) is 17.1 Å². The van der Waals surface area contributed by atoms with Crippen molar-refractivity contribution in [3.63, 3.8) is 0 Å². The molecule has 0 aliphatic rings. The zero-order chi connectivity index (χ0) is 12.3. The highest BCUT2D eigenvalue weighted by Gasteiger charge is 2.31. The fourth-order valence-corrected chi connectivity index (χ4v) is 1.53. The van der Waals surface area contributed by atoms with Crippen LogP contribution in [0.1, 0.15) is 11.1 Å². The molecule has 0 aliphatic carbocycles. The van der Waals surface area contributed by atoms with Crippen LogP contribution in [0.4, 0.5) is 13.2 Å². The van der Waals surface area contributed by atoms with Crippen LogP contribution in [0.2, 0.25) is 5.02 Å². The molecule has 1 rings (SSSR count). The summed E-state index contributed by atoms with van der Waals surface area (Å²) in [6, 6.07) is 2.94. The van der Waals surface area contributed by atoms with Gasteiger partial charge in [0, 0.05) is 5.02 Å². The van der Waals surface area contributed by atoms with Gasteiger partial charge in [-0.3, -0.25) is 0 Å². The summed E-state index contributed by atoms with van der Waals surface area (Å²) in [6.45, 7) is 0. The van der Waals surface area contributed by atoms with E-state index in [9.17, 15) is 18.0 Å². The van der Waals surface area contributed by atoms with Crippen molar-refractivity contribution in [2.45, 2.75) is 18.0 Å². The first kappa shape index (κ1) is 13.3. The number of hydrogen-bond acceptors (Lipinski definition) is 1. The normalized spacial score (nSPS) is 13.6. The minimum Gasteiger partial charge on any atom is -0.302 e. The number of aldehydes is 1. The maximum absolute atomic E-state index is 12.4. The Labute approximate surface area is 100 Å². The Hall–Kier alpha value is -0.740. The number of halogens is 5. The minimum absolute atomic E-state index is 0.0200.